The van der Waals surface area contributed by atoms with Gasteiger partial charge in [-0.1, -0.05) is 23.7 Å². The second kappa shape index (κ2) is 6.90. The molecular weight excluding hydrogens is 378 g/mol. The summed E-state index contributed by atoms with van der Waals surface area (Å²) in [6.45, 7) is 5.93. The summed E-state index contributed by atoms with van der Waals surface area (Å²) in [5.41, 5.74) is 1.44. The molecule has 4 heterocycles. The predicted molar refractivity (Wildman–Crippen MR) is 106 cm³/mol. The largest absolute Gasteiger partial charge is 0.449 e. The molecule has 0 spiro atoms. The van der Waals surface area contributed by atoms with Crippen LogP contribution in [0.3, 0.4) is 0 Å². The molecule has 0 bridgehead atoms. The van der Waals surface area contributed by atoms with E-state index in [2.05, 4.69) is 20.1 Å². The number of carbonyl (C=O) groups is 1. The van der Waals surface area contributed by atoms with E-state index in [-0.39, 0.29) is 5.91 Å². The molecule has 1 fully saturated rings. The molecule has 0 radical (unpaired) electrons. The maximum atomic E-state index is 13.1. The monoisotopic (exact) mass is 399 g/mol. The van der Waals surface area contributed by atoms with Gasteiger partial charge in [0.15, 0.2) is 11.3 Å². The number of hydrogen-bond donors (Lipinski definition) is 1. The first kappa shape index (κ1) is 17.7. The minimum absolute atomic E-state index is 0.0595. The standard InChI is InChI=1S/C20H22ClN5O2/c1-12-14-3-2-4-15(21)18(14)28-17(12)20(27)25-8-5-13(6-9-25)19-24-23-16-11-22-7-10-26(16)19/h2-4,13,22H,5-11H2,1H3. The number of benzene rings is 1. The topological polar surface area (TPSA) is 76.2 Å². The van der Waals surface area contributed by atoms with Crippen LogP contribution in [0.5, 0.6) is 0 Å². The van der Waals surface area contributed by atoms with Crippen molar-refractivity contribution in [3.8, 4) is 0 Å². The first-order valence-electron chi connectivity index (χ1n) is 9.73. The summed E-state index contributed by atoms with van der Waals surface area (Å²) in [7, 11) is 0. The van der Waals surface area contributed by atoms with Crippen LogP contribution in [0.4, 0.5) is 0 Å². The highest BCUT2D eigenvalue weighted by Crippen LogP contribution is 2.33. The summed E-state index contributed by atoms with van der Waals surface area (Å²) in [6, 6.07) is 5.59. The number of piperidine rings is 1. The molecule has 28 heavy (non-hydrogen) atoms. The molecule has 3 aromatic rings. The molecule has 1 aromatic carbocycles. The Hall–Kier alpha value is -2.38. The highest BCUT2D eigenvalue weighted by Gasteiger charge is 2.31. The van der Waals surface area contributed by atoms with Crippen molar-refractivity contribution in [2.24, 2.45) is 0 Å². The highest BCUT2D eigenvalue weighted by atomic mass is 35.5. The third kappa shape index (κ3) is 2.81. The lowest BCUT2D eigenvalue weighted by atomic mass is 9.95. The van der Waals surface area contributed by atoms with Crippen LogP contribution in [0.1, 0.15) is 46.5 Å². The Morgan fingerprint density at radius 1 is 1.25 bits per heavy atom. The molecular formula is C20H22ClN5O2. The zero-order valence-corrected chi connectivity index (χ0v) is 16.5. The molecule has 1 amide bonds. The van der Waals surface area contributed by atoms with Gasteiger partial charge in [0.05, 0.1) is 11.6 Å². The molecule has 8 heteroatoms. The number of hydrogen-bond acceptors (Lipinski definition) is 5. The number of likely N-dealkylation sites (tertiary alicyclic amines) is 1. The van der Waals surface area contributed by atoms with E-state index in [9.17, 15) is 4.79 Å². The molecule has 2 aromatic heterocycles. The number of nitrogens with one attached hydrogen (secondary N) is 1. The fourth-order valence-corrected chi connectivity index (χ4v) is 4.53. The summed E-state index contributed by atoms with van der Waals surface area (Å²) < 4.78 is 8.10. The molecule has 7 nitrogen and oxygen atoms in total. The molecule has 0 saturated carbocycles. The van der Waals surface area contributed by atoms with Crippen LogP contribution in [0.2, 0.25) is 5.02 Å². The Morgan fingerprint density at radius 3 is 2.86 bits per heavy atom. The van der Waals surface area contributed by atoms with Gasteiger partial charge in [0.2, 0.25) is 0 Å². The Morgan fingerprint density at radius 2 is 2.07 bits per heavy atom. The van der Waals surface area contributed by atoms with E-state index < -0.39 is 0 Å². The molecule has 1 saturated heterocycles. The summed E-state index contributed by atoms with van der Waals surface area (Å²) in [4.78, 5) is 15.0. The number of halogens is 1. The molecule has 2 aliphatic rings. The quantitative estimate of drug-likeness (QED) is 0.716. The number of aromatic nitrogens is 3. The summed E-state index contributed by atoms with van der Waals surface area (Å²) in [5.74, 6) is 2.75. The van der Waals surface area contributed by atoms with Crippen molar-refractivity contribution >= 4 is 28.5 Å². The third-order valence-corrected chi connectivity index (χ3v) is 6.21. The first-order valence-corrected chi connectivity index (χ1v) is 10.1. The van der Waals surface area contributed by atoms with Crippen molar-refractivity contribution in [2.75, 3.05) is 19.6 Å². The fourth-order valence-electron chi connectivity index (χ4n) is 4.31. The Kier molecular flexibility index (Phi) is 4.36. The van der Waals surface area contributed by atoms with Gasteiger partial charge in [-0.15, -0.1) is 10.2 Å². The SMILES string of the molecule is Cc1c(C(=O)N2CCC(c3nnc4n3CCNC4)CC2)oc2c(Cl)cccc12. The van der Waals surface area contributed by atoms with Crippen molar-refractivity contribution in [3.05, 3.63) is 46.2 Å². The Bertz CT molecular complexity index is 1050. The van der Waals surface area contributed by atoms with Gasteiger partial charge in [-0.3, -0.25) is 4.79 Å². The highest BCUT2D eigenvalue weighted by molar-refractivity contribution is 6.35. The summed E-state index contributed by atoms with van der Waals surface area (Å²) >= 11 is 6.23. The van der Waals surface area contributed by atoms with E-state index >= 15 is 0 Å². The fraction of sp³-hybridized carbons (Fsp3) is 0.450. The second-order valence-corrected chi connectivity index (χ2v) is 7.95. The average Bonchev–Trinajstić information content (AvgIpc) is 3.30. The van der Waals surface area contributed by atoms with Crippen LogP contribution in [0.15, 0.2) is 22.6 Å². The lowest BCUT2D eigenvalue weighted by molar-refractivity contribution is 0.0679. The van der Waals surface area contributed by atoms with E-state index in [0.717, 1.165) is 55.1 Å². The number of aryl methyl sites for hydroxylation is 1. The Balaban J connectivity index is 1.33. The number of nitrogens with zero attached hydrogens (tertiary/aromatic N) is 4. The van der Waals surface area contributed by atoms with Crippen LogP contribution in [0, 0.1) is 6.92 Å². The van der Waals surface area contributed by atoms with Crippen LogP contribution in [0.25, 0.3) is 11.0 Å². The zero-order valence-electron chi connectivity index (χ0n) is 15.7. The minimum atomic E-state index is -0.0595. The predicted octanol–water partition coefficient (Wildman–Crippen LogP) is 3.11. The van der Waals surface area contributed by atoms with Gasteiger partial charge in [0.1, 0.15) is 11.6 Å². The van der Waals surface area contributed by atoms with E-state index in [1.165, 1.54) is 0 Å². The van der Waals surface area contributed by atoms with Gasteiger partial charge >= 0.3 is 0 Å². The van der Waals surface area contributed by atoms with E-state index in [0.29, 0.717) is 35.4 Å². The van der Waals surface area contributed by atoms with Crippen LogP contribution >= 0.6 is 11.6 Å². The normalized spacial score (nSPS) is 17.9. The second-order valence-electron chi connectivity index (χ2n) is 7.54. The number of para-hydroxylation sites is 1. The van der Waals surface area contributed by atoms with Crippen LogP contribution < -0.4 is 5.32 Å². The molecule has 0 aliphatic carbocycles. The third-order valence-electron chi connectivity index (χ3n) is 5.91. The van der Waals surface area contributed by atoms with Crippen molar-refractivity contribution < 1.29 is 9.21 Å². The molecule has 0 unspecified atom stereocenters. The smallest absolute Gasteiger partial charge is 0.289 e. The lowest BCUT2D eigenvalue weighted by Crippen LogP contribution is -2.39. The van der Waals surface area contributed by atoms with Crippen LogP contribution in [-0.4, -0.2) is 45.2 Å². The van der Waals surface area contributed by atoms with Gasteiger partial charge in [-0.2, -0.15) is 0 Å². The number of fused-ring (bicyclic) bond motifs is 2. The summed E-state index contributed by atoms with van der Waals surface area (Å²) in [6.07, 6.45) is 1.77. The lowest BCUT2D eigenvalue weighted by Gasteiger charge is -2.31. The number of furan rings is 1. The molecule has 146 valence electrons. The number of rotatable bonds is 2. The van der Waals surface area contributed by atoms with Crippen molar-refractivity contribution in [2.45, 2.75) is 38.8 Å². The van der Waals surface area contributed by atoms with E-state index in [4.69, 9.17) is 16.0 Å². The minimum Gasteiger partial charge on any atom is -0.449 e. The van der Waals surface area contributed by atoms with Crippen molar-refractivity contribution in [1.82, 2.24) is 25.0 Å². The van der Waals surface area contributed by atoms with Crippen LogP contribution in [-0.2, 0) is 13.1 Å². The van der Waals surface area contributed by atoms with Crippen molar-refractivity contribution in [3.63, 3.8) is 0 Å². The zero-order chi connectivity index (χ0) is 19.3. The van der Waals surface area contributed by atoms with E-state index in [1.807, 2.05) is 24.0 Å². The molecule has 2 aliphatic heterocycles. The maximum absolute atomic E-state index is 13.1. The number of amides is 1. The van der Waals surface area contributed by atoms with Crippen molar-refractivity contribution in [1.29, 1.82) is 0 Å². The molecule has 1 N–H and O–H groups in total. The van der Waals surface area contributed by atoms with Gasteiger partial charge < -0.3 is 19.2 Å². The van der Waals surface area contributed by atoms with E-state index in [1.54, 1.807) is 6.07 Å². The van der Waals surface area contributed by atoms with Gasteiger partial charge in [-0.25, -0.2) is 0 Å². The maximum Gasteiger partial charge on any atom is 0.289 e. The Labute approximate surface area is 167 Å². The van der Waals surface area contributed by atoms with Gasteiger partial charge in [-0.05, 0) is 25.8 Å². The van der Waals surface area contributed by atoms with Gasteiger partial charge in [0, 0.05) is 43.0 Å². The first-order chi connectivity index (χ1) is 13.6. The number of carbonyl (C=O) groups excluding carboxylic acids is 1. The molecule has 5 rings (SSSR count). The van der Waals surface area contributed by atoms with Gasteiger partial charge in [0.25, 0.3) is 5.91 Å². The molecule has 0 atom stereocenters. The summed E-state index contributed by atoms with van der Waals surface area (Å²) in [5, 5.41) is 13.5. The average molecular weight is 400 g/mol.